The molecule has 0 fully saturated rings. The van der Waals surface area contributed by atoms with Crippen LogP contribution in [0, 0.1) is 10.1 Å². The van der Waals surface area contributed by atoms with Gasteiger partial charge < -0.3 is 4.42 Å². The second-order valence-electron chi connectivity index (χ2n) is 5.66. The summed E-state index contributed by atoms with van der Waals surface area (Å²) < 4.78 is 30.8. The van der Waals surface area contributed by atoms with E-state index in [4.69, 9.17) is 4.42 Å². The lowest BCUT2D eigenvalue weighted by molar-refractivity contribution is -0.384. The van der Waals surface area contributed by atoms with Gasteiger partial charge in [-0.05, 0) is 30.7 Å². The van der Waals surface area contributed by atoms with E-state index in [0.717, 1.165) is 28.6 Å². The van der Waals surface area contributed by atoms with Gasteiger partial charge in [0.05, 0.1) is 16.1 Å². The average molecular weight is 410 g/mol. The molecular formula is C16H18N4O7S. The maximum Gasteiger partial charge on any atom is 0.305 e. The van der Waals surface area contributed by atoms with E-state index in [2.05, 4.69) is 10.9 Å². The van der Waals surface area contributed by atoms with Gasteiger partial charge in [-0.15, -0.1) is 0 Å². The van der Waals surface area contributed by atoms with Gasteiger partial charge in [0.2, 0.25) is 15.9 Å². The number of benzene rings is 1. The van der Waals surface area contributed by atoms with Crippen molar-refractivity contribution >= 4 is 27.5 Å². The molecule has 1 aromatic heterocycles. The summed E-state index contributed by atoms with van der Waals surface area (Å²) in [6.07, 6.45) is 1.49. The fourth-order valence-corrected chi connectivity index (χ4v) is 3.37. The van der Waals surface area contributed by atoms with Crippen molar-refractivity contribution in [2.45, 2.75) is 17.7 Å². The van der Waals surface area contributed by atoms with E-state index < -0.39 is 26.8 Å². The van der Waals surface area contributed by atoms with Crippen molar-refractivity contribution in [3.63, 3.8) is 0 Å². The molecule has 0 radical (unpaired) electrons. The van der Waals surface area contributed by atoms with Crippen molar-refractivity contribution in [2.24, 2.45) is 0 Å². The van der Waals surface area contributed by atoms with Crippen molar-refractivity contribution in [1.82, 2.24) is 15.2 Å². The molecule has 0 atom stereocenters. The normalized spacial score (nSPS) is 11.2. The predicted octanol–water partition coefficient (Wildman–Crippen LogP) is 1.05. The Kier molecular flexibility index (Phi) is 6.84. The molecule has 0 saturated heterocycles. The summed E-state index contributed by atoms with van der Waals surface area (Å²) >= 11 is 0. The lowest BCUT2D eigenvalue weighted by Gasteiger charge is -2.17. The Morgan fingerprint density at radius 1 is 1.18 bits per heavy atom. The molecule has 2 rings (SSSR count). The van der Waals surface area contributed by atoms with Crippen molar-refractivity contribution in [2.75, 3.05) is 13.6 Å². The minimum Gasteiger partial charge on any atom is -0.459 e. The van der Waals surface area contributed by atoms with Gasteiger partial charge in [0.1, 0.15) is 0 Å². The minimum absolute atomic E-state index is 0.0292. The SMILES string of the molecule is CN(CCCC(=O)NNC(=O)c1ccco1)S(=O)(=O)c1ccc([N+](=O)[O-])cc1. The van der Waals surface area contributed by atoms with Crippen molar-refractivity contribution in [3.05, 3.63) is 58.5 Å². The molecule has 2 N–H and O–H groups in total. The molecule has 0 spiro atoms. The van der Waals surface area contributed by atoms with Crippen molar-refractivity contribution in [3.8, 4) is 0 Å². The molecule has 12 heteroatoms. The first-order valence-electron chi connectivity index (χ1n) is 8.05. The fourth-order valence-electron chi connectivity index (χ4n) is 2.16. The van der Waals surface area contributed by atoms with E-state index in [1.807, 2.05) is 0 Å². The molecule has 150 valence electrons. The van der Waals surface area contributed by atoms with Crippen LogP contribution < -0.4 is 10.9 Å². The Morgan fingerprint density at radius 3 is 2.43 bits per heavy atom. The Bertz CT molecular complexity index is 940. The largest absolute Gasteiger partial charge is 0.459 e. The third-order valence-electron chi connectivity index (χ3n) is 3.69. The summed E-state index contributed by atoms with van der Waals surface area (Å²) in [5, 5.41) is 10.6. The van der Waals surface area contributed by atoms with Crippen LogP contribution >= 0.6 is 0 Å². The molecule has 0 bridgehead atoms. The summed E-state index contributed by atoms with van der Waals surface area (Å²) in [5.41, 5.74) is 4.16. The fraction of sp³-hybridized carbons (Fsp3) is 0.250. The molecule has 28 heavy (non-hydrogen) atoms. The van der Waals surface area contributed by atoms with Crippen LogP contribution in [0.4, 0.5) is 5.69 Å². The lowest BCUT2D eigenvalue weighted by atomic mass is 10.3. The molecule has 2 aromatic rings. The highest BCUT2D eigenvalue weighted by molar-refractivity contribution is 7.89. The third kappa shape index (κ3) is 5.37. The van der Waals surface area contributed by atoms with Gasteiger partial charge in [0, 0.05) is 32.1 Å². The number of hydrogen-bond donors (Lipinski definition) is 2. The number of nitro benzene ring substituents is 1. The highest BCUT2D eigenvalue weighted by Crippen LogP contribution is 2.19. The number of rotatable bonds is 8. The number of furan rings is 1. The Balaban J connectivity index is 1.80. The number of hydrogen-bond acceptors (Lipinski definition) is 7. The molecule has 0 aliphatic rings. The van der Waals surface area contributed by atoms with E-state index in [-0.39, 0.29) is 35.7 Å². The van der Waals surface area contributed by atoms with Crippen LogP contribution in [0.15, 0.2) is 52.0 Å². The highest BCUT2D eigenvalue weighted by atomic mass is 32.2. The van der Waals surface area contributed by atoms with E-state index in [1.165, 1.54) is 25.4 Å². The Labute approximate surface area is 160 Å². The smallest absolute Gasteiger partial charge is 0.305 e. The Morgan fingerprint density at radius 2 is 1.86 bits per heavy atom. The first kappa shape index (κ1) is 21.1. The number of nitrogens with one attached hydrogen (secondary N) is 2. The van der Waals surface area contributed by atoms with Crippen molar-refractivity contribution in [1.29, 1.82) is 0 Å². The third-order valence-corrected chi connectivity index (χ3v) is 5.56. The van der Waals surface area contributed by atoms with Gasteiger partial charge in [-0.25, -0.2) is 12.7 Å². The second kappa shape index (κ2) is 9.10. The van der Waals surface area contributed by atoms with Crippen LogP contribution in [0.3, 0.4) is 0 Å². The zero-order chi connectivity index (χ0) is 20.7. The number of sulfonamides is 1. The molecule has 1 heterocycles. The van der Waals surface area contributed by atoms with Gasteiger partial charge >= 0.3 is 5.91 Å². The average Bonchev–Trinajstić information content (AvgIpc) is 3.21. The zero-order valence-electron chi connectivity index (χ0n) is 14.8. The van der Waals surface area contributed by atoms with Gasteiger partial charge in [-0.2, -0.15) is 0 Å². The number of non-ortho nitro benzene ring substituents is 1. The molecule has 11 nitrogen and oxygen atoms in total. The molecule has 0 saturated carbocycles. The monoisotopic (exact) mass is 410 g/mol. The van der Waals surface area contributed by atoms with Crippen LogP contribution in [-0.2, 0) is 14.8 Å². The molecule has 1 aromatic carbocycles. The lowest BCUT2D eigenvalue weighted by Crippen LogP contribution is -2.41. The predicted molar refractivity (Wildman–Crippen MR) is 96.5 cm³/mol. The number of hydrazine groups is 1. The number of amides is 2. The topological polar surface area (TPSA) is 152 Å². The summed E-state index contributed by atoms with van der Waals surface area (Å²) in [5.74, 6) is -1.08. The first-order valence-corrected chi connectivity index (χ1v) is 9.49. The molecular weight excluding hydrogens is 392 g/mol. The van der Waals surface area contributed by atoms with Crippen LogP contribution in [0.25, 0.3) is 0 Å². The molecule has 0 unspecified atom stereocenters. The summed E-state index contributed by atoms with van der Waals surface area (Å²) in [6.45, 7) is 0.0405. The van der Waals surface area contributed by atoms with Crippen LogP contribution in [0.2, 0.25) is 0 Å². The molecule has 0 aliphatic carbocycles. The van der Waals surface area contributed by atoms with E-state index in [0.29, 0.717) is 0 Å². The summed E-state index contributed by atoms with van der Waals surface area (Å²) in [4.78, 5) is 33.3. The number of nitro groups is 1. The summed E-state index contributed by atoms with van der Waals surface area (Å²) in [7, 11) is -2.50. The molecule has 0 aliphatic heterocycles. The number of nitrogens with zero attached hydrogens (tertiary/aromatic N) is 2. The van der Waals surface area contributed by atoms with Gasteiger partial charge in [-0.1, -0.05) is 0 Å². The molecule has 2 amide bonds. The van der Waals surface area contributed by atoms with Crippen LogP contribution in [0.1, 0.15) is 23.4 Å². The quantitative estimate of drug-likeness (QED) is 0.487. The van der Waals surface area contributed by atoms with E-state index in [1.54, 1.807) is 0 Å². The summed E-state index contributed by atoms with van der Waals surface area (Å²) in [6, 6.07) is 7.48. The number of carbonyl (C=O) groups is 2. The van der Waals surface area contributed by atoms with E-state index in [9.17, 15) is 28.1 Å². The van der Waals surface area contributed by atoms with Crippen LogP contribution in [-0.4, -0.2) is 43.1 Å². The highest BCUT2D eigenvalue weighted by Gasteiger charge is 2.21. The van der Waals surface area contributed by atoms with Gasteiger partial charge in [-0.3, -0.25) is 30.6 Å². The van der Waals surface area contributed by atoms with Gasteiger partial charge in [0.25, 0.3) is 5.69 Å². The first-order chi connectivity index (χ1) is 13.2. The maximum absolute atomic E-state index is 12.4. The van der Waals surface area contributed by atoms with Crippen LogP contribution in [0.5, 0.6) is 0 Å². The zero-order valence-corrected chi connectivity index (χ0v) is 15.6. The van der Waals surface area contributed by atoms with E-state index >= 15 is 0 Å². The minimum atomic E-state index is -3.84. The standard InChI is InChI=1S/C16H18N4O7S/c1-19(28(25,26)13-8-6-12(7-9-13)20(23)24)10-2-5-15(21)17-18-16(22)14-4-3-11-27-14/h3-4,6-9,11H,2,5,10H2,1H3,(H,17,21)(H,18,22). The Hall–Kier alpha value is -3.25. The van der Waals surface area contributed by atoms with Crippen molar-refractivity contribution < 1.29 is 27.3 Å². The van der Waals surface area contributed by atoms with Gasteiger partial charge in [0.15, 0.2) is 5.76 Å². The maximum atomic E-state index is 12.4. The number of carbonyl (C=O) groups excluding carboxylic acids is 2. The second-order valence-corrected chi connectivity index (χ2v) is 7.71.